The number of carbonyl (C=O) groups excluding carboxylic acids is 1. The first-order valence-electron chi connectivity index (χ1n) is 6.74. The van der Waals surface area contributed by atoms with Gasteiger partial charge in [0.25, 0.3) is 5.91 Å². The Kier molecular flexibility index (Phi) is 3.96. The number of hydrogen-bond acceptors (Lipinski definition) is 4. The van der Waals surface area contributed by atoms with Gasteiger partial charge in [0.1, 0.15) is 5.70 Å². The molecule has 3 rings (SSSR count). The number of nitrogens with one attached hydrogen (secondary N) is 1. The average molecular weight is 329 g/mol. The molecule has 112 valence electrons. The minimum Gasteiger partial charge on any atom is -0.378 e. The SMILES string of the molecule is CN(C)c1ccc(N2C(=O)/C(=C\c3cccs3)NC2=S)cc1. The third-order valence-electron chi connectivity index (χ3n) is 3.33. The van der Waals surface area contributed by atoms with Crippen LogP contribution in [0.3, 0.4) is 0 Å². The van der Waals surface area contributed by atoms with Gasteiger partial charge in [-0.05, 0) is 54.0 Å². The van der Waals surface area contributed by atoms with E-state index in [1.54, 1.807) is 11.3 Å². The molecule has 2 heterocycles. The summed E-state index contributed by atoms with van der Waals surface area (Å²) in [6, 6.07) is 11.6. The molecule has 1 saturated heterocycles. The molecule has 1 fully saturated rings. The Hall–Kier alpha value is -2.18. The molecule has 22 heavy (non-hydrogen) atoms. The van der Waals surface area contributed by atoms with Gasteiger partial charge < -0.3 is 10.2 Å². The van der Waals surface area contributed by atoms with Crippen molar-refractivity contribution >= 4 is 52.0 Å². The Morgan fingerprint density at radius 3 is 2.55 bits per heavy atom. The zero-order valence-corrected chi connectivity index (χ0v) is 13.9. The zero-order valence-electron chi connectivity index (χ0n) is 12.2. The van der Waals surface area contributed by atoms with E-state index in [4.69, 9.17) is 12.2 Å². The second kappa shape index (κ2) is 5.90. The van der Waals surface area contributed by atoms with Crippen molar-refractivity contribution in [3.63, 3.8) is 0 Å². The van der Waals surface area contributed by atoms with Gasteiger partial charge in [-0.1, -0.05) is 6.07 Å². The van der Waals surface area contributed by atoms with Crippen LogP contribution in [0.1, 0.15) is 4.88 Å². The number of amides is 1. The lowest BCUT2D eigenvalue weighted by atomic mass is 10.2. The molecular weight excluding hydrogens is 314 g/mol. The van der Waals surface area contributed by atoms with E-state index in [2.05, 4.69) is 5.32 Å². The fourth-order valence-corrected chi connectivity index (χ4v) is 3.14. The molecule has 1 amide bonds. The van der Waals surface area contributed by atoms with Crippen molar-refractivity contribution in [2.45, 2.75) is 0 Å². The lowest BCUT2D eigenvalue weighted by molar-refractivity contribution is -0.113. The number of carbonyl (C=O) groups is 1. The van der Waals surface area contributed by atoms with E-state index in [9.17, 15) is 4.79 Å². The van der Waals surface area contributed by atoms with Gasteiger partial charge in [-0.3, -0.25) is 9.69 Å². The lowest BCUT2D eigenvalue weighted by Gasteiger charge is -2.17. The monoisotopic (exact) mass is 329 g/mol. The van der Waals surface area contributed by atoms with Crippen molar-refractivity contribution in [1.82, 2.24) is 5.32 Å². The van der Waals surface area contributed by atoms with Crippen LogP contribution in [-0.4, -0.2) is 25.1 Å². The minimum absolute atomic E-state index is 0.129. The molecule has 1 aromatic heterocycles. The van der Waals surface area contributed by atoms with E-state index in [1.165, 1.54) is 4.90 Å². The highest BCUT2D eigenvalue weighted by Crippen LogP contribution is 2.25. The molecule has 0 radical (unpaired) electrons. The van der Waals surface area contributed by atoms with E-state index < -0.39 is 0 Å². The molecule has 1 aliphatic heterocycles. The molecular formula is C16H15N3OS2. The average Bonchev–Trinajstić information content (AvgIpc) is 3.09. The number of thiocarbonyl (C=S) groups is 1. The zero-order chi connectivity index (χ0) is 15.7. The van der Waals surface area contributed by atoms with Crippen LogP contribution in [0.15, 0.2) is 47.5 Å². The van der Waals surface area contributed by atoms with Crippen molar-refractivity contribution in [3.05, 3.63) is 52.4 Å². The third-order valence-corrected chi connectivity index (χ3v) is 4.44. The van der Waals surface area contributed by atoms with Gasteiger partial charge in [0.2, 0.25) is 0 Å². The Morgan fingerprint density at radius 2 is 1.95 bits per heavy atom. The standard InChI is InChI=1S/C16H15N3OS2/c1-18(2)11-5-7-12(8-6-11)19-15(20)14(17-16(19)21)10-13-4-3-9-22-13/h3-10H,1-2H3,(H,17,21)/b14-10+. The van der Waals surface area contributed by atoms with Crippen LogP contribution < -0.4 is 15.1 Å². The summed E-state index contributed by atoms with van der Waals surface area (Å²) in [6.07, 6.45) is 1.83. The van der Waals surface area contributed by atoms with Crippen molar-refractivity contribution in [2.75, 3.05) is 23.9 Å². The fourth-order valence-electron chi connectivity index (χ4n) is 2.19. The fraction of sp³-hybridized carbons (Fsp3) is 0.125. The summed E-state index contributed by atoms with van der Waals surface area (Å²) in [4.78, 5) is 17.1. The van der Waals surface area contributed by atoms with Gasteiger partial charge in [-0.2, -0.15) is 0 Å². The highest BCUT2D eigenvalue weighted by molar-refractivity contribution is 7.80. The van der Waals surface area contributed by atoms with Crippen LogP contribution in [-0.2, 0) is 4.79 Å². The number of anilines is 2. The van der Waals surface area contributed by atoms with Gasteiger partial charge >= 0.3 is 0 Å². The maximum Gasteiger partial charge on any atom is 0.281 e. The van der Waals surface area contributed by atoms with Gasteiger partial charge in [0, 0.05) is 24.7 Å². The number of benzene rings is 1. The first kappa shape index (κ1) is 14.7. The maximum absolute atomic E-state index is 12.6. The molecule has 2 aromatic rings. The van der Waals surface area contributed by atoms with Gasteiger partial charge in [0.05, 0.1) is 5.69 Å². The first-order valence-corrected chi connectivity index (χ1v) is 8.03. The van der Waals surface area contributed by atoms with E-state index >= 15 is 0 Å². The molecule has 0 unspecified atom stereocenters. The Balaban J connectivity index is 1.88. The quantitative estimate of drug-likeness (QED) is 0.693. The Morgan fingerprint density at radius 1 is 1.23 bits per heavy atom. The largest absolute Gasteiger partial charge is 0.378 e. The molecule has 1 aliphatic rings. The minimum atomic E-state index is -0.129. The van der Waals surface area contributed by atoms with Crippen molar-refractivity contribution in [2.24, 2.45) is 0 Å². The highest BCUT2D eigenvalue weighted by atomic mass is 32.1. The number of nitrogens with zero attached hydrogens (tertiary/aromatic N) is 2. The summed E-state index contributed by atoms with van der Waals surface area (Å²) >= 11 is 6.88. The molecule has 4 nitrogen and oxygen atoms in total. The second-order valence-electron chi connectivity index (χ2n) is 5.05. The van der Waals surface area contributed by atoms with Crippen molar-refractivity contribution in [3.8, 4) is 0 Å². The summed E-state index contributed by atoms with van der Waals surface area (Å²) in [7, 11) is 3.95. The predicted octanol–water partition coefficient (Wildman–Crippen LogP) is 3.08. The molecule has 0 spiro atoms. The summed E-state index contributed by atoms with van der Waals surface area (Å²) < 4.78 is 0. The second-order valence-corrected chi connectivity index (χ2v) is 6.42. The van der Waals surface area contributed by atoms with Crippen LogP contribution in [0.25, 0.3) is 6.08 Å². The molecule has 0 atom stereocenters. The van der Waals surface area contributed by atoms with Crippen molar-refractivity contribution in [1.29, 1.82) is 0 Å². The van der Waals surface area contributed by atoms with Crippen LogP contribution >= 0.6 is 23.6 Å². The number of hydrogen-bond donors (Lipinski definition) is 1. The summed E-state index contributed by atoms with van der Waals surface area (Å²) in [6.45, 7) is 0. The summed E-state index contributed by atoms with van der Waals surface area (Å²) in [5.74, 6) is -0.129. The lowest BCUT2D eigenvalue weighted by Crippen LogP contribution is -2.30. The van der Waals surface area contributed by atoms with Gasteiger partial charge in [0.15, 0.2) is 5.11 Å². The van der Waals surface area contributed by atoms with Crippen LogP contribution in [0.5, 0.6) is 0 Å². The van der Waals surface area contributed by atoms with E-state index in [0.717, 1.165) is 16.3 Å². The van der Waals surface area contributed by atoms with Gasteiger partial charge in [-0.15, -0.1) is 11.3 Å². The van der Waals surface area contributed by atoms with Gasteiger partial charge in [-0.25, -0.2) is 0 Å². The molecule has 0 aliphatic carbocycles. The first-order chi connectivity index (χ1) is 10.6. The Labute approximate surface area is 138 Å². The van der Waals surface area contributed by atoms with Crippen LogP contribution in [0.2, 0.25) is 0 Å². The Bertz CT molecular complexity index is 733. The normalized spacial score (nSPS) is 16.3. The molecule has 1 N–H and O–H groups in total. The summed E-state index contributed by atoms with van der Waals surface area (Å²) in [5, 5.41) is 5.37. The van der Waals surface area contributed by atoms with E-state index in [0.29, 0.717) is 10.8 Å². The molecule has 0 bridgehead atoms. The molecule has 1 aromatic carbocycles. The number of rotatable bonds is 3. The van der Waals surface area contributed by atoms with E-state index in [1.807, 2.05) is 66.8 Å². The van der Waals surface area contributed by atoms with Crippen molar-refractivity contribution < 1.29 is 4.79 Å². The van der Waals surface area contributed by atoms with Crippen LogP contribution in [0, 0.1) is 0 Å². The topological polar surface area (TPSA) is 35.6 Å². The highest BCUT2D eigenvalue weighted by Gasteiger charge is 2.31. The van der Waals surface area contributed by atoms with Crippen LogP contribution in [0.4, 0.5) is 11.4 Å². The molecule has 0 saturated carbocycles. The summed E-state index contributed by atoms with van der Waals surface area (Å²) in [5.41, 5.74) is 2.34. The molecule has 6 heteroatoms. The predicted molar refractivity (Wildman–Crippen MR) is 96.3 cm³/mol. The number of thiophene rings is 1. The smallest absolute Gasteiger partial charge is 0.281 e. The van der Waals surface area contributed by atoms with E-state index in [-0.39, 0.29) is 5.91 Å². The maximum atomic E-state index is 12.6. The third kappa shape index (κ3) is 2.75.